The summed E-state index contributed by atoms with van der Waals surface area (Å²) in [6.45, 7) is 3.48. The Morgan fingerprint density at radius 3 is 3.12 bits per heavy atom. The molecular formula is C13H17NO2S. The van der Waals surface area contributed by atoms with Crippen LogP contribution in [-0.2, 0) is 22.5 Å². The molecule has 2 rings (SSSR count). The first-order valence-corrected chi connectivity index (χ1v) is 6.90. The first-order valence-electron chi connectivity index (χ1n) is 6.08. The van der Waals surface area contributed by atoms with Crippen LogP contribution in [0.2, 0.25) is 0 Å². The number of nitriles is 1. The minimum Gasteiger partial charge on any atom is -0.353 e. The van der Waals surface area contributed by atoms with Crippen molar-refractivity contribution < 1.29 is 9.47 Å². The summed E-state index contributed by atoms with van der Waals surface area (Å²) in [5.41, 5.74) is 1.22. The molecule has 1 aliphatic heterocycles. The molecule has 0 aromatic carbocycles. The van der Waals surface area contributed by atoms with Crippen LogP contribution in [0.15, 0.2) is 6.07 Å². The molecular weight excluding hydrogens is 234 g/mol. The Hall–Kier alpha value is -0.890. The summed E-state index contributed by atoms with van der Waals surface area (Å²) in [6, 6.07) is 4.16. The smallest absolute Gasteiger partial charge is 0.158 e. The van der Waals surface area contributed by atoms with Gasteiger partial charge in [0.2, 0.25) is 0 Å². The summed E-state index contributed by atoms with van der Waals surface area (Å²) in [5, 5.41) is 8.88. The fraction of sp³-hybridized carbons (Fsp3) is 0.615. The van der Waals surface area contributed by atoms with Gasteiger partial charge in [0.1, 0.15) is 10.9 Å². The topological polar surface area (TPSA) is 42.2 Å². The van der Waals surface area contributed by atoms with Gasteiger partial charge in [-0.3, -0.25) is 0 Å². The van der Waals surface area contributed by atoms with Gasteiger partial charge in [-0.15, -0.1) is 11.3 Å². The number of hydrogen-bond donors (Lipinski definition) is 0. The molecule has 2 heterocycles. The fourth-order valence-corrected chi connectivity index (χ4v) is 2.93. The number of nitrogens with zero attached hydrogens (tertiary/aromatic N) is 1. The maximum atomic E-state index is 8.88. The number of rotatable bonds is 4. The van der Waals surface area contributed by atoms with E-state index in [2.05, 4.69) is 13.0 Å². The third-order valence-corrected chi connectivity index (χ3v) is 3.98. The normalized spacial score (nSPS) is 20.1. The molecule has 1 unspecified atom stereocenters. The maximum absolute atomic E-state index is 8.88. The molecule has 1 aromatic heterocycles. The molecule has 0 spiro atoms. The van der Waals surface area contributed by atoms with E-state index in [1.54, 1.807) is 0 Å². The quantitative estimate of drug-likeness (QED) is 0.825. The number of hydrogen-bond acceptors (Lipinski definition) is 4. The molecule has 1 aromatic rings. The molecule has 1 fully saturated rings. The second kappa shape index (κ2) is 6.15. The molecule has 17 heavy (non-hydrogen) atoms. The predicted octanol–water partition coefficient (Wildman–Crippen LogP) is 3.23. The van der Waals surface area contributed by atoms with Crippen LogP contribution in [0.25, 0.3) is 0 Å². The number of thiophene rings is 1. The van der Waals surface area contributed by atoms with Crippen molar-refractivity contribution in [2.75, 3.05) is 6.61 Å². The average Bonchev–Trinajstić information content (AvgIpc) is 2.80. The summed E-state index contributed by atoms with van der Waals surface area (Å²) in [7, 11) is 0. The summed E-state index contributed by atoms with van der Waals surface area (Å²) in [4.78, 5) is 1.93. The molecule has 4 heteroatoms. The van der Waals surface area contributed by atoms with Gasteiger partial charge in [-0.25, -0.2) is 0 Å². The average molecular weight is 251 g/mol. The Bertz CT molecular complexity index is 402. The molecule has 1 aliphatic rings. The second-order valence-corrected chi connectivity index (χ2v) is 5.27. The molecule has 0 amide bonds. The first-order chi connectivity index (χ1) is 8.33. The molecule has 0 N–H and O–H groups in total. The van der Waals surface area contributed by atoms with Crippen LogP contribution in [0.3, 0.4) is 0 Å². The summed E-state index contributed by atoms with van der Waals surface area (Å²) < 4.78 is 11.3. The third kappa shape index (κ3) is 3.29. The standard InChI is InChI=1S/C13H17NO2S/c1-2-10-7-11(8-14)17-12(10)9-16-13-5-3-4-6-15-13/h7,13H,2-6,9H2,1H3. The lowest BCUT2D eigenvalue weighted by Crippen LogP contribution is -2.21. The van der Waals surface area contributed by atoms with E-state index in [1.807, 2.05) is 6.07 Å². The zero-order chi connectivity index (χ0) is 12.1. The Morgan fingerprint density at radius 2 is 2.47 bits per heavy atom. The molecule has 3 nitrogen and oxygen atoms in total. The van der Waals surface area contributed by atoms with Gasteiger partial charge in [0.25, 0.3) is 0 Å². The van der Waals surface area contributed by atoms with Crippen LogP contribution in [-0.4, -0.2) is 12.9 Å². The Kier molecular flexibility index (Phi) is 4.55. The highest BCUT2D eigenvalue weighted by Gasteiger charge is 2.15. The van der Waals surface area contributed by atoms with Crippen LogP contribution >= 0.6 is 11.3 Å². The van der Waals surface area contributed by atoms with Gasteiger partial charge < -0.3 is 9.47 Å². The molecule has 0 aliphatic carbocycles. The Labute approximate surface area is 106 Å². The lowest BCUT2D eigenvalue weighted by molar-refractivity contribution is -0.168. The van der Waals surface area contributed by atoms with E-state index in [-0.39, 0.29) is 6.29 Å². The van der Waals surface area contributed by atoms with E-state index in [0.29, 0.717) is 6.61 Å². The van der Waals surface area contributed by atoms with E-state index < -0.39 is 0 Å². The minimum atomic E-state index is -0.0545. The highest BCUT2D eigenvalue weighted by Crippen LogP contribution is 2.25. The van der Waals surface area contributed by atoms with Crippen molar-refractivity contribution in [3.05, 3.63) is 21.4 Å². The Morgan fingerprint density at radius 1 is 1.59 bits per heavy atom. The summed E-state index contributed by atoms with van der Waals surface area (Å²) in [6.07, 6.45) is 4.19. The molecule has 1 saturated heterocycles. The van der Waals surface area contributed by atoms with Crippen LogP contribution in [0.5, 0.6) is 0 Å². The van der Waals surface area contributed by atoms with Gasteiger partial charge in [0.15, 0.2) is 6.29 Å². The lowest BCUT2D eigenvalue weighted by atomic mass is 10.2. The second-order valence-electron chi connectivity index (χ2n) is 4.13. The van der Waals surface area contributed by atoms with Crippen LogP contribution in [0, 0.1) is 11.3 Å². The highest BCUT2D eigenvalue weighted by molar-refractivity contribution is 7.12. The van der Waals surface area contributed by atoms with Gasteiger partial charge in [-0.05, 0) is 37.3 Å². The maximum Gasteiger partial charge on any atom is 0.158 e. The van der Waals surface area contributed by atoms with Crippen molar-refractivity contribution in [2.45, 2.75) is 45.5 Å². The molecule has 92 valence electrons. The Balaban J connectivity index is 1.93. The van der Waals surface area contributed by atoms with Crippen molar-refractivity contribution >= 4 is 11.3 Å². The summed E-state index contributed by atoms with van der Waals surface area (Å²) in [5.74, 6) is 0. The van der Waals surface area contributed by atoms with Crippen LogP contribution < -0.4 is 0 Å². The van der Waals surface area contributed by atoms with E-state index >= 15 is 0 Å². The molecule has 1 atom stereocenters. The number of aryl methyl sites for hydroxylation is 1. The largest absolute Gasteiger partial charge is 0.353 e. The first kappa shape index (κ1) is 12.6. The van der Waals surface area contributed by atoms with Gasteiger partial charge >= 0.3 is 0 Å². The van der Waals surface area contributed by atoms with E-state index in [0.717, 1.165) is 30.7 Å². The monoisotopic (exact) mass is 251 g/mol. The van der Waals surface area contributed by atoms with Crippen molar-refractivity contribution in [2.24, 2.45) is 0 Å². The van der Waals surface area contributed by atoms with Crippen molar-refractivity contribution in [1.82, 2.24) is 0 Å². The lowest BCUT2D eigenvalue weighted by Gasteiger charge is -2.22. The number of ether oxygens (including phenoxy) is 2. The molecule has 0 radical (unpaired) electrons. The van der Waals surface area contributed by atoms with Gasteiger partial charge in [-0.2, -0.15) is 5.26 Å². The van der Waals surface area contributed by atoms with Crippen molar-refractivity contribution in [3.8, 4) is 6.07 Å². The van der Waals surface area contributed by atoms with Gasteiger partial charge in [-0.1, -0.05) is 6.92 Å². The highest BCUT2D eigenvalue weighted by atomic mass is 32.1. The summed E-state index contributed by atoms with van der Waals surface area (Å²) >= 11 is 1.53. The zero-order valence-corrected chi connectivity index (χ0v) is 10.9. The van der Waals surface area contributed by atoms with Gasteiger partial charge in [0.05, 0.1) is 6.61 Å². The minimum absolute atomic E-state index is 0.0545. The third-order valence-electron chi connectivity index (χ3n) is 2.93. The van der Waals surface area contributed by atoms with Crippen LogP contribution in [0.1, 0.15) is 41.5 Å². The van der Waals surface area contributed by atoms with E-state index in [9.17, 15) is 0 Å². The molecule has 0 saturated carbocycles. The predicted molar refractivity (Wildman–Crippen MR) is 66.8 cm³/mol. The van der Waals surface area contributed by atoms with Gasteiger partial charge in [0, 0.05) is 11.5 Å². The van der Waals surface area contributed by atoms with E-state index in [1.165, 1.54) is 28.2 Å². The fourth-order valence-electron chi connectivity index (χ4n) is 1.95. The van der Waals surface area contributed by atoms with Crippen molar-refractivity contribution in [1.29, 1.82) is 5.26 Å². The zero-order valence-electron chi connectivity index (χ0n) is 10.1. The van der Waals surface area contributed by atoms with E-state index in [4.69, 9.17) is 14.7 Å². The molecule has 0 bridgehead atoms. The SMILES string of the molecule is CCc1cc(C#N)sc1COC1CCCCO1. The van der Waals surface area contributed by atoms with Crippen molar-refractivity contribution in [3.63, 3.8) is 0 Å². The van der Waals surface area contributed by atoms with Crippen LogP contribution in [0.4, 0.5) is 0 Å².